The maximum Gasteiger partial charge on any atom is 0.251 e. The van der Waals surface area contributed by atoms with Crippen LogP contribution in [0.2, 0.25) is 0 Å². The predicted molar refractivity (Wildman–Crippen MR) is 98.5 cm³/mol. The quantitative estimate of drug-likeness (QED) is 0.837. The van der Waals surface area contributed by atoms with Crippen molar-refractivity contribution in [3.8, 4) is 11.4 Å². The highest BCUT2D eigenvalue weighted by Gasteiger charge is 2.40. The number of aromatic amines is 1. The number of carbonyl (C=O) groups excluding carboxylic acids is 1. The zero-order valence-electron chi connectivity index (χ0n) is 14.7. The summed E-state index contributed by atoms with van der Waals surface area (Å²) in [6.07, 6.45) is 3.46. The number of aromatic nitrogens is 3. The molecule has 4 rings (SSSR count). The van der Waals surface area contributed by atoms with Crippen LogP contribution in [0.1, 0.15) is 31.1 Å². The maximum absolute atomic E-state index is 12.9. The summed E-state index contributed by atoms with van der Waals surface area (Å²) in [7, 11) is -3.13. The molecule has 0 saturated carbocycles. The van der Waals surface area contributed by atoms with Gasteiger partial charge >= 0.3 is 0 Å². The molecule has 2 saturated heterocycles. The Morgan fingerprint density at radius 1 is 1.22 bits per heavy atom. The highest BCUT2D eigenvalue weighted by atomic mass is 32.2. The van der Waals surface area contributed by atoms with Crippen LogP contribution < -0.4 is 5.56 Å². The molecule has 2 aliphatic rings. The second-order valence-electron chi connectivity index (χ2n) is 7.02. The lowest BCUT2D eigenvalue weighted by Gasteiger charge is -2.26. The molecule has 0 bridgehead atoms. The van der Waals surface area contributed by atoms with Gasteiger partial charge < -0.3 is 9.88 Å². The van der Waals surface area contributed by atoms with Gasteiger partial charge in [0, 0.05) is 18.8 Å². The first-order valence-corrected chi connectivity index (χ1v) is 10.8. The SMILES string of the molecule is O=C([C@@H]1CCS(=O)(=O)C1)N1CCC[C@H]1c1nc(-c2ccccn2)cc(=O)[nH]1. The molecule has 1 N–H and O–H groups in total. The van der Waals surface area contributed by atoms with Gasteiger partial charge in [-0.2, -0.15) is 0 Å². The summed E-state index contributed by atoms with van der Waals surface area (Å²) in [5.74, 6) is -0.264. The third kappa shape index (κ3) is 3.64. The van der Waals surface area contributed by atoms with E-state index in [2.05, 4.69) is 15.0 Å². The van der Waals surface area contributed by atoms with Crippen LogP contribution in [0.25, 0.3) is 11.4 Å². The van der Waals surface area contributed by atoms with Crippen molar-refractivity contribution >= 4 is 15.7 Å². The van der Waals surface area contributed by atoms with Crippen molar-refractivity contribution in [3.63, 3.8) is 0 Å². The maximum atomic E-state index is 12.9. The molecule has 0 aliphatic carbocycles. The van der Waals surface area contributed by atoms with Crippen molar-refractivity contribution in [2.75, 3.05) is 18.1 Å². The Bertz CT molecular complexity index is 1020. The molecule has 142 valence electrons. The minimum Gasteiger partial charge on any atom is -0.332 e. The molecule has 0 aromatic carbocycles. The van der Waals surface area contributed by atoms with E-state index in [1.54, 1.807) is 23.2 Å². The van der Waals surface area contributed by atoms with E-state index in [0.29, 0.717) is 36.6 Å². The molecule has 0 spiro atoms. The van der Waals surface area contributed by atoms with Gasteiger partial charge in [-0.1, -0.05) is 6.07 Å². The van der Waals surface area contributed by atoms with Crippen LogP contribution in [-0.4, -0.2) is 52.2 Å². The van der Waals surface area contributed by atoms with Crippen LogP contribution in [0.3, 0.4) is 0 Å². The van der Waals surface area contributed by atoms with Crippen molar-refractivity contribution in [2.24, 2.45) is 5.92 Å². The molecule has 2 aromatic heterocycles. The van der Waals surface area contributed by atoms with Gasteiger partial charge in [-0.15, -0.1) is 0 Å². The molecular weight excluding hydrogens is 368 g/mol. The van der Waals surface area contributed by atoms with Crippen LogP contribution in [0.5, 0.6) is 0 Å². The summed E-state index contributed by atoms with van der Waals surface area (Å²) in [5.41, 5.74) is 0.739. The zero-order chi connectivity index (χ0) is 19.0. The van der Waals surface area contributed by atoms with Gasteiger partial charge in [-0.3, -0.25) is 14.6 Å². The third-order valence-corrected chi connectivity index (χ3v) is 6.89. The molecule has 0 radical (unpaired) electrons. The highest BCUT2D eigenvalue weighted by molar-refractivity contribution is 7.91. The molecule has 2 aromatic rings. The third-order valence-electron chi connectivity index (χ3n) is 5.12. The molecule has 8 nitrogen and oxygen atoms in total. The van der Waals surface area contributed by atoms with Gasteiger partial charge in [0.15, 0.2) is 9.84 Å². The number of nitrogens with zero attached hydrogens (tertiary/aromatic N) is 3. The topological polar surface area (TPSA) is 113 Å². The molecule has 27 heavy (non-hydrogen) atoms. The minimum atomic E-state index is -3.13. The first-order valence-electron chi connectivity index (χ1n) is 8.96. The fourth-order valence-electron chi connectivity index (χ4n) is 3.82. The van der Waals surface area contributed by atoms with Gasteiger partial charge in [-0.05, 0) is 31.4 Å². The summed E-state index contributed by atoms with van der Waals surface area (Å²) < 4.78 is 23.4. The summed E-state index contributed by atoms with van der Waals surface area (Å²) in [4.78, 5) is 38.2. The number of hydrogen-bond acceptors (Lipinski definition) is 6. The van der Waals surface area contributed by atoms with Crippen LogP contribution in [0.15, 0.2) is 35.3 Å². The molecule has 0 unspecified atom stereocenters. The number of rotatable bonds is 3. The Kier molecular flexibility index (Phi) is 4.55. The Balaban J connectivity index is 1.63. The summed E-state index contributed by atoms with van der Waals surface area (Å²) >= 11 is 0. The lowest BCUT2D eigenvalue weighted by Crippen LogP contribution is -2.37. The molecule has 4 heterocycles. The van der Waals surface area contributed by atoms with Crippen LogP contribution in [0.4, 0.5) is 0 Å². The van der Waals surface area contributed by atoms with E-state index in [0.717, 1.165) is 6.42 Å². The second kappa shape index (κ2) is 6.88. The Hall–Kier alpha value is -2.55. The first kappa shape index (κ1) is 17.8. The number of likely N-dealkylation sites (tertiary alicyclic amines) is 1. The molecule has 9 heteroatoms. The Morgan fingerprint density at radius 2 is 2.07 bits per heavy atom. The van der Waals surface area contributed by atoms with Crippen LogP contribution in [0, 0.1) is 5.92 Å². The van der Waals surface area contributed by atoms with Gasteiger partial charge in [0.25, 0.3) is 5.56 Å². The minimum absolute atomic E-state index is 0.0617. The van der Waals surface area contributed by atoms with E-state index in [-0.39, 0.29) is 29.0 Å². The van der Waals surface area contributed by atoms with E-state index < -0.39 is 15.8 Å². The number of amides is 1. The average Bonchev–Trinajstić information content (AvgIpc) is 3.28. The normalized spacial score (nSPS) is 24.2. The van der Waals surface area contributed by atoms with Gasteiger partial charge in [0.05, 0.1) is 34.9 Å². The average molecular weight is 388 g/mol. The van der Waals surface area contributed by atoms with Crippen molar-refractivity contribution < 1.29 is 13.2 Å². The standard InChI is InChI=1S/C18H20N4O4S/c23-16-10-14(13-4-1-2-7-19-13)20-17(21-16)15-5-3-8-22(15)18(24)12-6-9-27(25,26)11-12/h1-2,4,7,10,12,15H,3,5-6,8-9,11H2,(H,20,21,23)/t12-,15+/m1/s1. The van der Waals surface area contributed by atoms with Gasteiger partial charge in [-0.25, -0.2) is 13.4 Å². The second-order valence-corrected chi connectivity index (χ2v) is 9.25. The number of sulfone groups is 1. The van der Waals surface area contributed by atoms with Crippen LogP contribution in [-0.2, 0) is 14.6 Å². The van der Waals surface area contributed by atoms with Crippen molar-refractivity contribution in [1.82, 2.24) is 19.9 Å². The van der Waals surface area contributed by atoms with E-state index in [1.807, 2.05) is 6.07 Å². The van der Waals surface area contributed by atoms with E-state index >= 15 is 0 Å². The Labute approximate surface area is 156 Å². The molecule has 2 fully saturated rings. The molecule has 2 aliphatic heterocycles. The van der Waals surface area contributed by atoms with E-state index in [1.165, 1.54) is 6.07 Å². The number of hydrogen-bond donors (Lipinski definition) is 1. The van der Waals surface area contributed by atoms with Crippen molar-refractivity contribution in [3.05, 3.63) is 46.6 Å². The van der Waals surface area contributed by atoms with Gasteiger partial charge in [0.2, 0.25) is 5.91 Å². The zero-order valence-corrected chi connectivity index (χ0v) is 15.5. The van der Waals surface area contributed by atoms with Crippen molar-refractivity contribution in [2.45, 2.75) is 25.3 Å². The van der Waals surface area contributed by atoms with Gasteiger partial charge in [0.1, 0.15) is 5.82 Å². The summed E-state index contributed by atoms with van der Waals surface area (Å²) in [6.45, 7) is 0.539. The largest absolute Gasteiger partial charge is 0.332 e. The monoisotopic (exact) mass is 388 g/mol. The molecule has 1 amide bonds. The molecular formula is C18H20N4O4S. The lowest BCUT2D eigenvalue weighted by molar-refractivity contribution is -0.135. The van der Waals surface area contributed by atoms with Crippen LogP contribution >= 0.6 is 0 Å². The fourth-order valence-corrected chi connectivity index (χ4v) is 5.55. The highest BCUT2D eigenvalue weighted by Crippen LogP contribution is 2.33. The smallest absolute Gasteiger partial charge is 0.251 e. The molecule has 2 atom stereocenters. The summed E-state index contributed by atoms with van der Waals surface area (Å²) in [6, 6.07) is 6.40. The van der Waals surface area contributed by atoms with E-state index in [9.17, 15) is 18.0 Å². The number of carbonyl (C=O) groups is 1. The fraction of sp³-hybridized carbons (Fsp3) is 0.444. The number of nitrogens with one attached hydrogen (secondary N) is 1. The Morgan fingerprint density at radius 3 is 2.78 bits per heavy atom. The lowest BCUT2D eigenvalue weighted by atomic mass is 10.1. The van der Waals surface area contributed by atoms with Crippen molar-refractivity contribution in [1.29, 1.82) is 0 Å². The first-order chi connectivity index (χ1) is 12.9. The van der Waals surface area contributed by atoms with E-state index in [4.69, 9.17) is 0 Å². The summed E-state index contributed by atoms with van der Waals surface area (Å²) in [5, 5.41) is 0. The predicted octanol–water partition coefficient (Wildman–Crippen LogP) is 0.930. The number of H-pyrrole nitrogens is 1. The number of pyridine rings is 1.